The Morgan fingerprint density at radius 2 is 1.69 bits per heavy atom. The van der Waals surface area contributed by atoms with Crippen molar-refractivity contribution >= 4 is 0 Å². The maximum Gasteiger partial charge on any atom is 0.0650 e. The molecule has 3 fully saturated rings. The zero-order valence-corrected chi connectivity index (χ0v) is 11.2. The van der Waals surface area contributed by atoms with Crippen LogP contribution in [0.2, 0.25) is 0 Å². The number of hydrogen-bond donors (Lipinski definition) is 1. The smallest absolute Gasteiger partial charge is 0.0650 e. The van der Waals surface area contributed by atoms with Crippen LogP contribution in [-0.2, 0) is 0 Å². The average molecular weight is 222 g/mol. The van der Waals surface area contributed by atoms with Crippen LogP contribution in [0.1, 0.15) is 53.4 Å². The van der Waals surface area contributed by atoms with Gasteiger partial charge in [-0.3, -0.25) is 0 Å². The van der Waals surface area contributed by atoms with Gasteiger partial charge in [0.25, 0.3) is 0 Å². The van der Waals surface area contributed by atoms with Crippen molar-refractivity contribution in [1.82, 2.24) is 0 Å². The maximum atomic E-state index is 10.7. The SMILES string of the molecule is C[C@H]1CC[C@H]2[C@H]1[C@H]1[C@@H](CC[C@]2(C)O)C1(C)C. The first kappa shape index (κ1) is 11.1. The monoisotopic (exact) mass is 222 g/mol. The second-order valence-corrected chi connectivity index (χ2v) is 7.59. The van der Waals surface area contributed by atoms with E-state index in [0.717, 1.165) is 30.1 Å². The van der Waals surface area contributed by atoms with Crippen molar-refractivity contribution in [3.8, 4) is 0 Å². The van der Waals surface area contributed by atoms with Gasteiger partial charge in [-0.05, 0) is 61.2 Å². The highest BCUT2D eigenvalue weighted by Gasteiger charge is 2.66. The summed E-state index contributed by atoms with van der Waals surface area (Å²) >= 11 is 0. The molecule has 3 aliphatic rings. The Bertz CT molecular complexity index is 305. The number of aliphatic hydroxyl groups is 1. The summed E-state index contributed by atoms with van der Waals surface area (Å²) in [5.74, 6) is 4.03. The van der Waals surface area contributed by atoms with Crippen LogP contribution in [0.15, 0.2) is 0 Å². The molecule has 0 aromatic heterocycles. The van der Waals surface area contributed by atoms with Crippen LogP contribution in [-0.4, -0.2) is 10.7 Å². The molecule has 0 aromatic rings. The van der Waals surface area contributed by atoms with E-state index >= 15 is 0 Å². The lowest BCUT2D eigenvalue weighted by molar-refractivity contribution is -0.0302. The minimum Gasteiger partial charge on any atom is -0.390 e. The van der Waals surface area contributed by atoms with Crippen LogP contribution < -0.4 is 0 Å². The molecule has 6 atom stereocenters. The Balaban J connectivity index is 1.94. The van der Waals surface area contributed by atoms with Gasteiger partial charge in [0, 0.05) is 0 Å². The molecule has 16 heavy (non-hydrogen) atoms. The van der Waals surface area contributed by atoms with Crippen LogP contribution >= 0.6 is 0 Å². The molecule has 0 bridgehead atoms. The zero-order valence-electron chi connectivity index (χ0n) is 11.2. The summed E-state index contributed by atoms with van der Waals surface area (Å²) in [6, 6.07) is 0. The molecule has 92 valence electrons. The third-order valence-electron chi connectivity index (χ3n) is 6.37. The molecular formula is C15H26O. The van der Waals surface area contributed by atoms with Gasteiger partial charge in [-0.1, -0.05) is 27.2 Å². The molecule has 0 amide bonds. The van der Waals surface area contributed by atoms with Crippen molar-refractivity contribution in [2.45, 2.75) is 59.0 Å². The minimum absolute atomic E-state index is 0.376. The van der Waals surface area contributed by atoms with Gasteiger partial charge in [0.2, 0.25) is 0 Å². The lowest BCUT2D eigenvalue weighted by atomic mass is 9.74. The topological polar surface area (TPSA) is 20.2 Å². The fourth-order valence-electron chi connectivity index (χ4n) is 5.29. The standard InChI is InChI=1S/C15H26O/c1-9-5-6-10-12(9)13-11(14(13,2)3)7-8-15(10,4)16/h9-13,16H,5-8H2,1-4H3/t9-,10-,11+,12-,13+,15-/m0/s1. The quantitative estimate of drug-likeness (QED) is 0.665. The molecule has 3 rings (SSSR count). The molecule has 3 aliphatic carbocycles. The van der Waals surface area contributed by atoms with E-state index in [-0.39, 0.29) is 5.60 Å². The van der Waals surface area contributed by atoms with Gasteiger partial charge in [-0.25, -0.2) is 0 Å². The van der Waals surface area contributed by atoms with Gasteiger partial charge >= 0.3 is 0 Å². The molecule has 1 N–H and O–H groups in total. The molecule has 1 nitrogen and oxygen atoms in total. The highest BCUT2D eigenvalue weighted by atomic mass is 16.3. The van der Waals surface area contributed by atoms with Gasteiger partial charge in [-0.2, -0.15) is 0 Å². The van der Waals surface area contributed by atoms with Crippen molar-refractivity contribution < 1.29 is 5.11 Å². The number of hydrogen-bond acceptors (Lipinski definition) is 1. The summed E-state index contributed by atoms with van der Waals surface area (Å²) in [5.41, 5.74) is 0.191. The summed E-state index contributed by atoms with van der Waals surface area (Å²) in [5, 5.41) is 10.7. The molecule has 0 aromatic carbocycles. The van der Waals surface area contributed by atoms with E-state index in [0.29, 0.717) is 11.3 Å². The second-order valence-electron chi connectivity index (χ2n) is 7.59. The third kappa shape index (κ3) is 1.27. The third-order valence-corrected chi connectivity index (χ3v) is 6.37. The summed E-state index contributed by atoms with van der Waals surface area (Å²) in [6.07, 6.45) is 4.89. The Hall–Kier alpha value is -0.0400. The molecule has 0 heterocycles. The maximum absolute atomic E-state index is 10.7. The largest absolute Gasteiger partial charge is 0.390 e. The van der Waals surface area contributed by atoms with Crippen LogP contribution in [0.3, 0.4) is 0 Å². The molecular weight excluding hydrogens is 196 g/mol. The van der Waals surface area contributed by atoms with Gasteiger partial charge in [0.1, 0.15) is 0 Å². The summed E-state index contributed by atoms with van der Waals surface area (Å²) < 4.78 is 0. The van der Waals surface area contributed by atoms with Crippen molar-refractivity contribution in [3.63, 3.8) is 0 Å². The minimum atomic E-state index is -0.376. The van der Waals surface area contributed by atoms with E-state index in [1.54, 1.807) is 0 Å². The van der Waals surface area contributed by atoms with Crippen molar-refractivity contribution in [2.24, 2.45) is 35.0 Å². The molecule has 0 spiro atoms. The van der Waals surface area contributed by atoms with E-state index in [1.807, 2.05) is 0 Å². The number of fused-ring (bicyclic) bond motifs is 3. The molecule has 0 unspecified atom stereocenters. The Labute approximate surface area is 99.6 Å². The van der Waals surface area contributed by atoms with Gasteiger partial charge in [0.05, 0.1) is 5.60 Å². The van der Waals surface area contributed by atoms with Crippen molar-refractivity contribution in [3.05, 3.63) is 0 Å². The molecule has 3 saturated carbocycles. The highest BCUT2D eigenvalue weighted by molar-refractivity contribution is 5.14. The molecule has 1 heteroatoms. The van der Waals surface area contributed by atoms with Crippen molar-refractivity contribution in [1.29, 1.82) is 0 Å². The van der Waals surface area contributed by atoms with E-state index in [2.05, 4.69) is 27.7 Å². The van der Waals surface area contributed by atoms with Gasteiger partial charge in [-0.15, -0.1) is 0 Å². The zero-order chi connectivity index (χ0) is 11.7. The second kappa shape index (κ2) is 3.04. The first-order valence-corrected chi connectivity index (χ1v) is 7.08. The van der Waals surface area contributed by atoms with Gasteiger partial charge in [0.15, 0.2) is 0 Å². The molecule has 0 aliphatic heterocycles. The molecule has 0 saturated heterocycles. The Morgan fingerprint density at radius 3 is 2.38 bits per heavy atom. The van der Waals surface area contributed by atoms with Crippen LogP contribution in [0.5, 0.6) is 0 Å². The van der Waals surface area contributed by atoms with Crippen LogP contribution in [0, 0.1) is 35.0 Å². The fourth-order valence-corrected chi connectivity index (χ4v) is 5.29. The average Bonchev–Trinajstić information content (AvgIpc) is 2.51. The fraction of sp³-hybridized carbons (Fsp3) is 1.00. The van der Waals surface area contributed by atoms with E-state index in [9.17, 15) is 5.11 Å². The van der Waals surface area contributed by atoms with E-state index in [4.69, 9.17) is 0 Å². The molecule has 0 radical (unpaired) electrons. The normalized spacial score (nSPS) is 58.7. The van der Waals surface area contributed by atoms with Gasteiger partial charge < -0.3 is 5.11 Å². The predicted molar refractivity (Wildman–Crippen MR) is 66.0 cm³/mol. The van der Waals surface area contributed by atoms with Crippen LogP contribution in [0.25, 0.3) is 0 Å². The predicted octanol–water partition coefficient (Wildman–Crippen LogP) is 3.47. The summed E-state index contributed by atoms with van der Waals surface area (Å²) in [7, 11) is 0. The number of rotatable bonds is 0. The van der Waals surface area contributed by atoms with E-state index in [1.165, 1.54) is 19.3 Å². The van der Waals surface area contributed by atoms with Crippen LogP contribution in [0.4, 0.5) is 0 Å². The van der Waals surface area contributed by atoms with Crippen molar-refractivity contribution in [2.75, 3.05) is 0 Å². The summed E-state index contributed by atoms with van der Waals surface area (Å²) in [4.78, 5) is 0. The Kier molecular flexibility index (Phi) is 2.11. The Morgan fingerprint density at radius 1 is 1.00 bits per heavy atom. The lowest BCUT2D eigenvalue weighted by Crippen LogP contribution is -2.38. The lowest BCUT2D eigenvalue weighted by Gasteiger charge is -2.35. The first-order chi connectivity index (χ1) is 7.36. The highest BCUT2D eigenvalue weighted by Crippen LogP contribution is 2.71. The summed E-state index contributed by atoms with van der Waals surface area (Å²) in [6.45, 7) is 9.41. The van der Waals surface area contributed by atoms with E-state index < -0.39 is 0 Å². The first-order valence-electron chi connectivity index (χ1n) is 7.08.